The fraction of sp³-hybridized carbons (Fsp3) is 0.400. The van der Waals surface area contributed by atoms with Gasteiger partial charge in [-0.25, -0.2) is 0 Å². The van der Waals surface area contributed by atoms with E-state index in [1.807, 2.05) is 11.3 Å². The van der Waals surface area contributed by atoms with Crippen LogP contribution >= 0.6 is 11.3 Å². The van der Waals surface area contributed by atoms with Crippen LogP contribution in [0.1, 0.15) is 27.4 Å². The van der Waals surface area contributed by atoms with Gasteiger partial charge in [-0.2, -0.15) is 0 Å². The Morgan fingerprint density at radius 1 is 1.42 bits per heavy atom. The first-order chi connectivity index (χ1) is 9.19. The summed E-state index contributed by atoms with van der Waals surface area (Å²) in [5.74, 6) is 0. The number of pyridine rings is 1. The van der Waals surface area contributed by atoms with Crippen molar-refractivity contribution in [2.75, 3.05) is 11.4 Å². The molecule has 4 heteroatoms. The summed E-state index contributed by atoms with van der Waals surface area (Å²) in [5.41, 5.74) is 12.0. The number of nitrogens with two attached hydrogens (primary N) is 1. The number of aryl methyl sites for hydroxylation is 2. The summed E-state index contributed by atoms with van der Waals surface area (Å²) in [6.07, 6.45) is 1.14. The molecule has 2 aromatic rings. The molecule has 0 radical (unpaired) electrons. The van der Waals surface area contributed by atoms with Gasteiger partial charge in [0.15, 0.2) is 0 Å². The molecule has 0 amide bonds. The van der Waals surface area contributed by atoms with Crippen LogP contribution in [0.25, 0.3) is 0 Å². The maximum atomic E-state index is 5.92. The first-order valence-corrected chi connectivity index (χ1v) is 7.54. The van der Waals surface area contributed by atoms with Gasteiger partial charge in [0.05, 0.1) is 0 Å². The average molecular weight is 273 g/mol. The van der Waals surface area contributed by atoms with Crippen LogP contribution in [0.4, 0.5) is 5.69 Å². The molecule has 1 aliphatic rings. The van der Waals surface area contributed by atoms with Gasteiger partial charge in [-0.1, -0.05) is 0 Å². The van der Waals surface area contributed by atoms with Gasteiger partial charge in [0.1, 0.15) is 0 Å². The van der Waals surface area contributed by atoms with E-state index >= 15 is 0 Å². The maximum Gasteiger partial charge on any atom is 0.0451 e. The Labute approximate surface area is 118 Å². The molecule has 0 bridgehead atoms. The average Bonchev–Trinajstić information content (AvgIpc) is 2.85. The van der Waals surface area contributed by atoms with E-state index in [1.165, 1.54) is 21.7 Å². The summed E-state index contributed by atoms with van der Waals surface area (Å²) in [6.45, 7) is 6.73. The van der Waals surface area contributed by atoms with Crippen LogP contribution < -0.4 is 10.6 Å². The topological polar surface area (TPSA) is 42.1 Å². The molecule has 0 saturated heterocycles. The second kappa shape index (κ2) is 4.94. The van der Waals surface area contributed by atoms with E-state index < -0.39 is 0 Å². The molecule has 2 aromatic heterocycles. The van der Waals surface area contributed by atoms with Crippen LogP contribution in [0, 0.1) is 13.8 Å². The molecule has 3 heterocycles. The lowest BCUT2D eigenvalue weighted by molar-refractivity contribution is 0.735. The van der Waals surface area contributed by atoms with Crippen molar-refractivity contribution in [3.63, 3.8) is 0 Å². The number of hydrogen-bond acceptors (Lipinski definition) is 4. The van der Waals surface area contributed by atoms with Crippen LogP contribution in [0.3, 0.4) is 0 Å². The number of anilines is 1. The lowest BCUT2D eigenvalue weighted by Gasteiger charge is -2.31. The van der Waals surface area contributed by atoms with E-state index in [4.69, 9.17) is 5.73 Å². The zero-order chi connectivity index (χ0) is 13.4. The van der Waals surface area contributed by atoms with Gasteiger partial charge in [0.25, 0.3) is 0 Å². The highest BCUT2D eigenvalue weighted by atomic mass is 32.1. The molecule has 100 valence electrons. The Kier molecular flexibility index (Phi) is 3.29. The lowest BCUT2D eigenvalue weighted by Crippen LogP contribution is -2.31. The molecule has 0 spiro atoms. The highest BCUT2D eigenvalue weighted by Crippen LogP contribution is 2.31. The number of nitrogens with zero attached hydrogens (tertiary/aromatic N) is 2. The molecule has 2 N–H and O–H groups in total. The highest BCUT2D eigenvalue weighted by molar-refractivity contribution is 7.10. The van der Waals surface area contributed by atoms with Crippen molar-refractivity contribution in [2.45, 2.75) is 33.4 Å². The minimum absolute atomic E-state index is 0.557. The van der Waals surface area contributed by atoms with Gasteiger partial charge in [0, 0.05) is 47.2 Å². The van der Waals surface area contributed by atoms with Crippen molar-refractivity contribution in [1.82, 2.24) is 4.98 Å². The van der Waals surface area contributed by atoms with Gasteiger partial charge < -0.3 is 10.6 Å². The van der Waals surface area contributed by atoms with Gasteiger partial charge in [-0.05, 0) is 43.3 Å². The van der Waals surface area contributed by atoms with E-state index in [0.717, 1.165) is 30.9 Å². The van der Waals surface area contributed by atoms with Crippen LogP contribution in [0.2, 0.25) is 0 Å². The normalized spacial score (nSPS) is 14.6. The molecule has 19 heavy (non-hydrogen) atoms. The van der Waals surface area contributed by atoms with E-state index in [-0.39, 0.29) is 0 Å². The first kappa shape index (κ1) is 12.6. The Balaban J connectivity index is 1.99. The number of thiophene rings is 1. The standard InChI is InChI=1S/C15H19N3S/c1-10-7-14(13(8-16)11(2)17-10)18-5-3-15-12(9-18)4-6-19-15/h4,6-7H,3,5,8-9,16H2,1-2H3. The molecule has 0 atom stereocenters. The summed E-state index contributed by atoms with van der Waals surface area (Å²) in [5, 5.41) is 2.20. The van der Waals surface area contributed by atoms with Crippen LogP contribution in [-0.4, -0.2) is 11.5 Å². The predicted octanol–water partition coefficient (Wildman–Crippen LogP) is 2.78. The third-order valence-corrected chi connectivity index (χ3v) is 4.81. The fourth-order valence-electron chi connectivity index (χ4n) is 2.82. The van der Waals surface area contributed by atoms with Crippen molar-refractivity contribution < 1.29 is 0 Å². The number of hydrogen-bond donors (Lipinski definition) is 1. The SMILES string of the molecule is Cc1cc(N2CCc3sccc3C2)c(CN)c(C)n1. The third-order valence-electron chi connectivity index (χ3n) is 3.79. The van der Waals surface area contributed by atoms with Gasteiger partial charge >= 0.3 is 0 Å². The van der Waals surface area contributed by atoms with Gasteiger partial charge in [-0.3, -0.25) is 4.98 Å². The van der Waals surface area contributed by atoms with Crippen molar-refractivity contribution in [1.29, 1.82) is 0 Å². The van der Waals surface area contributed by atoms with Crippen LogP contribution in [0.15, 0.2) is 17.5 Å². The minimum atomic E-state index is 0.557. The fourth-order valence-corrected chi connectivity index (χ4v) is 3.71. The number of aromatic nitrogens is 1. The van der Waals surface area contributed by atoms with Crippen molar-refractivity contribution in [3.8, 4) is 0 Å². The Bertz CT molecular complexity index is 603. The smallest absolute Gasteiger partial charge is 0.0451 e. The number of rotatable bonds is 2. The molecule has 1 aliphatic heterocycles. The molecular formula is C15H19N3S. The second-order valence-corrected chi connectivity index (χ2v) is 6.09. The third kappa shape index (κ3) is 2.26. The van der Waals surface area contributed by atoms with Crippen LogP contribution in [-0.2, 0) is 19.5 Å². The molecular weight excluding hydrogens is 254 g/mol. The molecule has 0 aromatic carbocycles. The predicted molar refractivity (Wildman–Crippen MR) is 80.7 cm³/mol. The molecule has 3 rings (SSSR count). The van der Waals surface area contributed by atoms with E-state index in [9.17, 15) is 0 Å². The molecule has 3 nitrogen and oxygen atoms in total. The maximum absolute atomic E-state index is 5.92. The van der Waals surface area contributed by atoms with E-state index in [2.05, 4.69) is 41.2 Å². The Morgan fingerprint density at radius 3 is 3.05 bits per heavy atom. The van der Waals surface area contributed by atoms with Crippen LogP contribution in [0.5, 0.6) is 0 Å². The minimum Gasteiger partial charge on any atom is -0.366 e. The van der Waals surface area contributed by atoms with E-state index in [0.29, 0.717) is 6.54 Å². The van der Waals surface area contributed by atoms with Crippen molar-refractivity contribution in [3.05, 3.63) is 44.9 Å². The quantitative estimate of drug-likeness (QED) is 0.915. The lowest BCUT2D eigenvalue weighted by atomic mass is 10.1. The summed E-state index contributed by atoms with van der Waals surface area (Å²) in [4.78, 5) is 8.51. The highest BCUT2D eigenvalue weighted by Gasteiger charge is 2.20. The molecule has 0 aliphatic carbocycles. The number of fused-ring (bicyclic) bond motifs is 1. The zero-order valence-corrected chi connectivity index (χ0v) is 12.3. The van der Waals surface area contributed by atoms with Gasteiger partial charge in [0.2, 0.25) is 0 Å². The largest absolute Gasteiger partial charge is 0.366 e. The summed E-state index contributed by atoms with van der Waals surface area (Å²) < 4.78 is 0. The second-order valence-electron chi connectivity index (χ2n) is 5.09. The molecule has 0 fully saturated rings. The Morgan fingerprint density at radius 2 is 2.26 bits per heavy atom. The zero-order valence-electron chi connectivity index (χ0n) is 11.4. The Hall–Kier alpha value is -1.39. The first-order valence-electron chi connectivity index (χ1n) is 6.66. The monoisotopic (exact) mass is 273 g/mol. The van der Waals surface area contributed by atoms with Gasteiger partial charge in [-0.15, -0.1) is 11.3 Å². The van der Waals surface area contributed by atoms with Crippen molar-refractivity contribution >= 4 is 17.0 Å². The molecule has 0 unspecified atom stereocenters. The summed E-state index contributed by atoms with van der Waals surface area (Å²) in [6, 6.07) is 4.42. The summed E-state index contributed by atoms with van der Waals surface area (Å²) in [7, 11) is 0. The van der Waals surface area contributed by atoms with E-state index in [1.54, 1.807) is 0 Å². The summed E-state index contributed by atoms with van der Waals surface area (Å²) >= 11 is 1.88. The molecule has 0 saturated carbocycles. The van der Waals surface area contributed by atoms with Crippen molar-refractivity contribution in [2.24, 2.45) is 5.73 Å².